The maximum atomic E-state index is 13.1. The summed E-state index contributed by atoms with van der Waals surface area (Å²) in [5.74, 6) is 3.08. The van der Waals surface area contributed by atoms with Crippen LogP contribution in [0.5, 0.6) is 23.0 Å². The van der Waals surface area contributed by atoms with Crippen molar-refractivity contribution in [1.82, 2.24) is 4.90 Å². The summed E-state index contributed by atoms with van der Waals surface area (Å²) in [6.45, 7) is 1.38. The molecule has 1 aliphatic carbocycles. The summed E-state index contributed by atoms with van der Waals surface area (Å²) in [6, 6.07) is 8.09. The van der Waals surface area contributed by atoms with Gasteiger partial charge in [0.05, 0.1) is 5.92 Å². The fourth-order valence-corrected chi connectivity index (χ4v) is 4.92. The van der Waals surface area contributed by atoms with Crippen LogP contribution in [-0.4, -0.2) is 37.9 Å². The van der Waals surface area contributed by atoms with Crippen LogP contribution in [-0.2, 0) is 17.6 Å². The zero-order chi connectivity index (χ0) is 18.1. The van der Waals surface area contributed by atoms with E-state index >= 15 is 0 Å². The number of likely N-dealkylation sites (N-methyl/N-ethyl adjacent to an activating group) is 1. The molecule has 27 heavy (non-hydrogen) atoms. The molecule has 6 heteroatoms. The van der Waals surface area contributed by atoms with Gasteiger partial charge in [-0.1, -0.05) is 6.07 Å². The van der Waals surface area contributed by atoms with Crippen molar-refractivity contribution in [3.05, 3.63) is 46.5 Å². The smallest absolute Gasteiger partial charge is 0.231 e. The minimum absolute atomic E-state index is 0.0163. The van der Waals surface area contributed by atoms with Gasteiger partial charge in [0.15, 0.2) is 23.0 Å². The Morgan fingerprint density at radius 1 is 0.963 bits per heavy atom. The summed E-state index contributed by atoms with van der Waals surface area (Å²) in [4.78, 5) is 15.4. The third-order valence-corrected chi connectivity index (χ3v) is 6.19. The van der Waals surface area contributed by atoms with E-state index in [2.05, 4.69) is 24.1 Å². The zero-order valence-electron chi connectivity index (χ0n) is 15.0. The van der Waals surface area contributed by atoms with E-state index < -0.39 is 0 Å². The van der Waals surface area contributed by atoms with Crippen molar-refractivity contribution in [3.63, 3.8) is 0 Å². The van der Waals surface area contributed by atoms with Gasteiger partial charge < -0.3 is 18.9 Å². The van der Waals surface area contributed by atoms with E-state index in [1.165, 1.54) is 5.56 Å². The molecule has 0 saturated heterocycles. The number of Topliss-reactive ketones (excluding diaryl/α,β-unsaturated/α-hetero) is 1. The van der Waals surface area contributed by atoms with Crippen molar-refractivity contribution < 1.29 is 23.7 Å². The minimum atomic E-state index is -0.209. The molecule has 2 aromatic carbocycles. The number of rotatable bonds is 1. The lowest BCUT2D eigenvalue weighted by atomic mass is 9.81. The molecule has 0 fully saturated rings. The molecule has 3 heterocycles. The molecule has 3 aliphatic heterocycles. The van der Waals surface area contributed by atoms with E-state index in [-0.39, 0.29) is 31.3 Å². The highest BCUT2D eigenvalue weighted by Crippen LogP contribution is 2.51. The van der Waals surface area contributed by atoms with E-state index in [0.29, 0.717) is 6.42 Å². The number of fused-ring (bicyclic) bond motifs is 5. The molecule has 0 aromatic heterocycles. The predicted molar refractivity (Wildman–Crippen MR) is 95.7 cm³/mol. The normalized spacial score (nSPS) is 24.9. The van der Waals surface area contributed by atoms with Gasteiger partial charge in [0.2, 0.25) is 13.6 Å². The molecule has 0 saturated carbocycles. The Hall–Kier alpha value is -2.73. The first-order chi connectivity index (χ1) is 13.2. The average Bonchev–Trinajstić information content (AvgIpc) is 3.37. The molecule has 6 nitrogen and oxygen atoms in total. The van der Waals surface area contributed by atoms with E-state index in [1.54, 1.807) is 0 Å². The number of ether oxygens (including phenoxy) is 4. The van der Waals surface area contributed by atoms with Crippen molar-refractivity contribution in [2.24, 2.45) is 0 Å². The van der Waals surface area contributed by atoms with Gasteiger partial charge in [0.25, 0.3) is 0 Å². The Kier molecular flexibility index (Phi) is 3.06. The Morgan fingerprint density at radius 2 is 1.74 bits per heavy atom. The second kappa shape index (κ2) is 5.39. The SMILES string of the molecule is CN1CCc2cc3c(cc2[C@@H]1[C@H]1C(=O)Cc2c1ccc1c2OCO1)OCO3. The number of benzene rings is 2. The number of ketones is 1. The molecule has 4 aliphatic rings. The molecule has 2 atom stereocenters. The van der Waals surface area contributed by atoms with Gasteiger partial charge in [-0.3, -0.25) is 9.69 Å². The van der Waals surface area contributed by atoms with Crippen LogP contribution >= 0.6 is 0 Å². The van der Waals surface area contributed by atoms with Gasteiger partial charge in [-0.05, 0) is 48.4 Å². The van der Waals surface area contributed by atoms with Gasteiger partial charge in [-0.2, -0.15) is 0 Å². The van der Waals surface area contributed by atoms with Crippen molar-refractivity contribution >= 4 is 5.78 Å². The van der Waals surface area contributed by atoms with Crippen LogP contribution in [0.25, 0.3) is 0 Å². The van der Waals surface area contributed by atoms with E-state index in [9.17, 15) is 4.79 Å². The number of nitrogens with zero attached hydrogens (tertiary/aromatic N) is 1. The molecule has 0 bridgehead atoms. The van der Waals surface area contributed by atoms with Crippen LogP contribution in [0, 0.1) is 0 Å². The molecular formula is C21H19NO5. The van der Waals surface area contributed by atoms with E-state index in [1.807, 2.05) is 12.1 Å². The molecule has 0 radical (unpaired) electrons. The fourth-order valence-electron chi connectivity index (χ4n) is 4.92. The highest BCUT2D eigenvalue weighted by Gasteiger charge is 2.44. The summed E-state index contributed by atoms with van der Waals surface area (Å²) in [5, 5.41) is 0. The molecular weight excluding hydrogens is 346 g/mol. The third kappa shape index (κ3) is 2.07. The Labute approximate surface area is 156 Å². The lowest BCUT2D eigenvalue weighted by Gasteiger charge is -2.38. The molecule has 6 rings (SSSR count). The first kappa shape index (κ1) is 15.3. The molecule has 0 N–H and O–H groups in total. The highest BCUT2D eigenvalue weighted by atomic mass is 16.7. The van der Waals surface area contributed by atoms with Crippen LogP contribution in [0.4, 0.5) is 0 Å². The molecule has 0 spiro atoms. The lowest BCUT2D eigenvalue weighted by molar-refractivity contribution is -0.120. The first-order valence-electron chi connectivity index (χ1n) is 9.27. The lowest BCUT2D eigenvalue weighted by Crippen LogP contribution is -2.37. The molecule has 0 unspecified atom stereocenters. The van der Waals surface area contributed by atoms with Crippen LogP contribution in [0.2, 0.25) is 0 Å². The van der Waals surface area contributed by atoms with Crippen molar-refractivity contribution in [2.75, 3.05) is 27.2 Å². The minimum Gasteiger partial charge on any atom is -0.454 e. The Balaban J connectivity index is 1.50. The summed E-state index contributed by atoms with van der Waals surface area (Å²) in [6.07, 6.45) is 1.34. The van der Waals surface area contributed by atoms with E-state index in [0.717, 1.165) is 52.7 Å². The first-order valence-corrected chi connectivity index (χ1v) is 9.27. The zero-order valence-corrected chi connectivity index (χ0v) is 15.0. The number of hydrogen-bond acceptors (Lipinski definition) is 6. The van der Waals surface area contributed by atoms with Crippen molar-refractivity contribution in [3.8, 4) is 23.0 Å². The Morgan fingerprint density at radius 3 is 2.63 bits per heavy atom. The average molecular weight is 365 g/mol. The van der Waals surface area contributed by atoms with Crippen LogP contribution in [0.1, 0.15) is 34.2 Å². The summed E-state index contributed by atoms with van der Waals surface area (Å²) >= 11 is 0. The maximum Gasteiger partial charge on any atom is 0.231 e. The van der Waals surface area contributed by atoms with Gasteiger partial charge in [-0.15, -0.1) is 0 Å². The topological polar surface area (TPSA) is 57.2 Å². The highest BCUT2D eigenvalue weighted by molar-refractivity contribution is 5.95. The summed E-state index contributed by atoms with van der Waals surface area (Å²) in [5.41, 5.74) is 4.45. The molecule has 138 valence electrons. The van der Waals surface area contributed by atoms with Crippen LogP contribution in [0.15, 0.2) is 24.3 Å². The molecule has 2 aromatic rings. The van der Waals surface area contributed by atoms with Crippen LogP contribution in [0.3, 0.4) is 0 Å². The standard InChI is InChI=1S/C21H19NO5/c1-22-5-4-11-6-17-18(26-9-25-17)8-13(11)20(22)19-12-2-3-16-21(27-10-24-16)14(12)7-15(19)23/h2-3,6,8,19-20H,4-5,7,9-10H2,1H3/t19-,20-/m1/s1. The molecule has 0 amide bonds. The fraction of sp³-hybridized carbons (Fsp3) is 0.381. The van der Waals surface area contributed by atoms with Crippen molar-refractivity contribution in [2.45, 2.75) is 24.8 Å². The summed E-state index contributed by atoms with van der Waals surface area (Å²) < 4.78 is 22.3. The quantitative estimate of drug-likeness (QED) is 0.774. The Bertz CT molecular complexity index is 985. The van der Waals surface area contributed by atoms with Gasteiger partial charge in [0, 0.05) is 24.6 Å². The monoisotopic (exact) mass is 365 g/mol. The van der Waals surface area contributed by atoms with Crippen molar-refractivity contribution in [1.29, 1.82) is 0 Å². The van der Waals surface area contributed by atoms with Gasteiger partial charge in [-0.25, -0.2) is 0 Å². The number of carbonyl (C=O) groups is 1. The number of hydrogen-bond donors (Lipinski definition) is 0. The number of carbonyl (C=O) groups excluding carboxylic acids is 1. The summed E-state index contributed by atoms with van der Waals surface area (Å²) in [7, 11) is 2.09. The largest absolute Gasteiger partial charge is 0.454 e. The second-order valence-corrected chi connectivity index (χ2v) is 7.57. The van der Waals surface area contributed by atoms with E-state index in [4.69, 9.17) is 18.9 Å². The predicted octanol–water partition coefficient (Wildman–Crippen LogP) is 2.58. The maximum absolute atomic E-state index is 13.1. The second-order valence-electron chi connectivity index (χ2n) is 7.57. The van der Waals surface area contributed by atoms with Gasteiger partial charge >= 0.3 is 0 Å². The van der Waals surface area contributed by atoms with Gasteiger partial charge in [0.1, 0.15) is 5.78 Å². The third-order valence-electron chi connectivity index (χ3n) is 6.19. The van der Waals surface area contributed by atoms with Crippen LogP contribution < -0.4 is 18.9 Å².